The van der Waals surface area contributed by atoms with E-state index < -0.39 is 5.76 Å². The third-order valence-electron chi connectivity index (χ3n) is 1.48. The van der Waals surface area contributed by atoms with E-state index in [9.17, 15) is 8.78 Å². The fourth-order valence-corrected chi connectivity index (χ4v) is 1.44. The predicted molar refractivity (Wildman–Crippen MR) is 48.6 cm³/mol. The van der Waals surface area contributed by atoms with Crippen molar-refractivity contribution < 1.29 is 8.78 Å². The molecule has 0 aliphatic rings. The van der Waals surface area contributed by atoms with Gasteiger partial charge in [-0.15, -0.1) is 0 Å². The van der Waals surface area contributed by atoms with E-state index in [0.29, 0.717) is 17.5 Å². The highest BCUT2D eigenvalue weighted by Gasteiger charge is 2.01. The molecular formula is C9H10F2S. The Morgan fingerprint density at radius 3 is 2.42 bits per heavy atom. The third kappa shape index (κ3) is 3.72. The van der Waals surface area contributed by atoms with Gasteiger partial charge < -0.3 is 0 Å². The average Bonchev–Trinajstić information content (AvgIpc) is 2.05. The summed E-state index contributed by atoms with van der Waals surface area (Å²) in [4.78, 5) is 0. The van der Waals surface area contributed by atoms with Crippen LogP contribution in [0.3, 0.4) is 0 Å². The summed E-state index contributed by atoms with van der Waals surface area (Å²) in [6.07, 6.45) is 0.718. The van der Waals surface area contributed by atoms with Crippen LogP contribution < -0.4 is 0 Å². The highest BCUT2D eigenvalue weighted by Crippen LogP contribution is 2.14. The van der Waals surface area contributed by atoms with Gasteiger partial charge in [0.2, 0.25) is 0 Å². The fourth-order valence-electron chi connectivity index (χ4n) is 0.911. The lowest BCUT2D eigenvalue weighted by atomic mass is 10.2. The van der Waals surface area contributed by atoms with E-state index in [0.717, 1.165) is 12.0 Å². The van der Waals surface area contributed by atoms with E-state index in [1.807, 2.05) is 30.3 Å². The molecule has 0 fully saturated rings. The topological polar surface area (TPSA) is 0 Å². The summed E-state index contributed by atoms with van der Waals surface area (Å²) in [6, 6.07) is 9.66. The Morgan fingerprint density at radius 1 is 1.17 bits per heavy atom. The normalized spacial score (nSPS) is 10.6. The smallest absolute Gasteiger partial charge is 0.198 e. The Kier molecular flexibility index (Phi) is 4.08. The van der Waals surface area contributed by atoms with E-state index in [-0.39, 0.29) is 0 Å². The first-order valence-corrected chi connectivity index (χ1v) is 4.77. The molecule has 1 rings (SSSR count). The zero-order chi connectivity index (χ0) is 8.81. The minimum absolute atomic E-state index is 0.488. The van der Waals surface area contributed by atoms with E-state index in [4.69, 9.17) is 0 Å². The summed E-state index contributed by atoms with van der Waals surface area (Å²) >= 11 is 0.693. The number of thioether (sulfide) groups is 1. The molecule has 0 aliphatic carbocycles. The molecule has 3 heteroatoms. The van der Waals surface area contributed by atoms with Crippen LogP contribution in [-0.2, 0) is 6.42 Å². The van der Waals surface area contributed by atoms with E-state index in [1.165, 1.54) is 0 Å². The number of alkyl halides is 2. The van der Waals surface area contributed by atoms with Crippen molar-refractivity contribution in [3.05, 3.63) is 35.9 Å². The van der Waals surface area contributed by atoms with Crippen LogP contribution in [0.15, 0.2) is 30.3 Å². The maximum atomic E-state index is 11.7. The highest BCUT2D eigenvalue weighted by molar-refractivity contribution is 7.99. The van der Waals surface area contributed by atoms with Gasteiger partial charge in [0.15, 0.2) is 0 Å². The second-order valence-electron chi connectivity index (χ2n) is 2.37. The molecule has 1 aromatic rings. The molecule has 1 aromatic carbocycles. The molecule has 0 atom stereocenters. The van der Waals surface area contributed by atoms with Crippen LogP contribution in [0.2, 0.25) is 0 Å². The number of rotatable bonds is 4. The standard InChI is InChI=1S/C9H10F2S/c10-9(11)12-7-6-8-4-2-1-3-5-8/h1-5,9H,6-7H2. The SMILES string of the molecule is FC(F)SCCc1ccccc1. The van der Waals surface area contributed by atoms with E-state index in [2.05, 4.69) is 0 Å². The van der Waals surface area contributed by atoms with Crippen LogP contribution in [0.25, 0.3) is 0 Å². The molecule has 0 nitrogen and oxygen atoms in total. The maximum Gasteiger partial charge on any atom is 0.284 e. The van der Waals surface area contributed by atoms with Crippen LogP contribution in [0.4, 0.5) is 8.78 Å². The highest BCUT2D eigenvalue weighted by atomic mass is 32.2. The Bertz CT molecular complexity index is 211. The largest absolute Gasteiger partial charge is 0.284 e. The zero-order valence-corrected chi connectivity index (χ0v) is 7.36. The lowest BCUT2D eigenvalue weighted by Crippen LogP contribution is -1.91. The molecule has 0 saturated carbocycles. The first-order chi connectivity index (χ1) is 5.79. The van der Waals surface area contributed by atoms with Gasteiger partial charge in [0.25, 0.3) is 5.76 Å². The van der Waals surface area contributed by atoms with Gasteiger partial charge in [0.05, 0.1) is 0 Å². The maximum absolute atomic E-state index is 11.7. The second-order valence-corrected chi connectivity index (χ2v) is 3.46. The van der Waals surface area contributed by atoms with Gasteiger partial charge in [-0.3, -0.25) is 0 Å². The molecule has 0 aromatic heterocycles. The minimum atomic E-state index is -2.24. The predicted octanol–water partition coefficient (Wildman–Crippen LogP) is 3.18. The van der Waals surface area contributed by atoms with Gasteiger partial charge in [0, 0.05) is 5.75 Å². The fraction of sp³-hybridized carbons (Fsp3) is 0.333. The molecule has 0 amide bonds. The van der Waals surface area contributed by atoms with Crippen molar-refractivity contribution in [2.45, 2.75) is 12.2 Å². The molecule has 0 saturated heterocycles. The van der Waals surface area contributed by atoms with Crippen molar-refractivity contribution in [3.8, 4) is 0 Å². The van der Waals surface area contributed by atoms with Crippen molar-refractivity contribution >= 4 is 11.8 Å². The van der Waals surface area contributed by atoms with E-state index in [1.54, 1.807) is 0 Å². The summed E-state index contributed by atoms with van der Waals surface area (Å²) < 4.78 is 23.4. The second kappa shape index (κ2) is 5.14. The van der Waals surface area contributed by atoms with Gasteiger partial charge >= 0.3 is 0 Å². The summed E-state index contributed by atoms with van der Waals surface area (Å²) in [5.41, 5.74) is 1.12. The van der Waals surface area contributed by atoms with Gasteiger partial charge in [-0.1, -0.05) is 42.1 Å². The quantitative estimate of drug-likeness (QED) is 0.699. The zero-order valence-electron chi connectivity index (χ0n) is 6.54. The van der Waals surface area contributed by atoms with Crippen LogP contribution >= 0.6 is 11.8 Å². The Labute approximate surface area is 75.0 Å². The van der Waals surface area contributed by atoms with E-state index >= 15 is 0 Å². The Morgan fingerprint density at radius 2 is 1.83 bits per heavy atom. The average molecular weight is 188 g/mol. The Balaban J connectivity index is 2.25. The summed E-state index contributed by atoms with van der Waals surface area (Å²) in [5.74, 6) is -1.75. The molecule has 0 radical (unpaired) electrons. The van der Waals surface area contributed by atoms with Crippen molar-refractivity contribution in [2.75, 3.05) is 5.75 Å². The van der Waals surface area contributed by atoms with Crippen LogP contribution in [-0.4, -0.2) is 11.5 Å². The molecule has 0 heterocycles. The lowest BCUT2D eigenvalue weighted by Gasteiger charge is -1.99. The monoisotopic (exact) mass is 188 g/mol. The van der Waals surface area contributed by atoms with Crippen LogP contribution in [0.5, 0.6) is 0 Å². The molecule has 0 aliphatic heterocycles. The van der Waals surface area contributed by atoms with Gasteiger partial charge in [-0.05, 0) is 12.0 Å². The summed E-state index contributed by atoms with van der Waals surface area (Å²) in [7, 11) is 0. The summed E-state index contributed by atoms with van der Waals surface area (Å²) in [5, 5.41) is 0. The minimum Gasteiger partial charge on any atom is -0.198 e. The molecule has 66 valence electrons. The van der Waals surface area contributed by atoms with Crippen LogP contribution in [0.1, 0.15) is 5.56 Å². The molecular weight excluding hydrogens is 178 g/mol. The number of benzene rings is 1. The van der Waals surface area contributed by atoms with Crippen molar-refractivity contribution in [3.63, 3.8) is 0 Å². The molecule has 0 N–H and O–H groups in total. The number of halogens is 2. The molecule has 0 bridgehead atoms. The van der Waals surface area contributed by atoms with Crippen molar-refractivity contribution in [1.29, 1.82) is 0 Å². The lowest BCUT2D eigenvalue weighted by molar-refractivity contribution is 0.252. The third-order valence-corrected chi connectivity index (χ3v) is 2.17. The van der Waals surface area contributed by atoms with Crippen molar-refractivity contribution in [1.82, 2.24) is 0 Å². The molecule has 0 unspecified atom stereocenters. The first-order valence-electron chi connectivity index (χ1n) is 3.73. The molecule has 12 heavy (non-hydrogen) atoms. The number of hydrogen-bond donors (Lipinski definition) is 0. The molecule has 0 spiro atoms. The van der Waals surface area contributed by atoms with Gasteiger partial charge in [-0.2, -0.15) is 8.78 Å². The van der Waals surface area contributed by atoms with Crippen molar-refractivity contribution in [2.24, 2.45) is 0 Å². The number of hydrogen-bond acceptors (Lipinski definition) is 1. The van der Waals surface area contributed by atoms with Gasteiger partial charge in [-0.25, -0.2) is 0 Å². The van der Waals surface area contributed by atoms with Gasteiger partial charge in [0.1, 0.15) is 0 Å². The number of aryl methyl sites for hydroxylation is 1. The van der Waals surface area contributed by atoms with Crippen LogP contribution in [0, 0.1) is 0 Å². The Hall–Kier alpha value is -0.570. The first kappa shape index (κ1) is 9.52. The summed E-state index contributed by atoms with van der Waals surface area (Å²) in [6.45, 7) is 0.